The van der Waals surface area contributed by atoms with E-state index < -0.39 is 18.3 Å². The summed E-state index contributed by atoms with van der Waals surface area (Å²) in [6.07, 6.45) is 0.653. The highest BCUT2D eigenvalue weighted by Gasteiger charge is 2.21. The zero-order valence-electron chi connectivity index (χ0n) is 15.7. The normalized spacial score (nSPS) is 12.2. The molecule has 7 nitrogen and oxygen atoms in total. The molecule has 0 fully saturated rings. The van der Waals surface area contributed by atoms with Crippen molar-refractivity contribution in [3.8, 4) is 22.9 Å². The van der Waals surface area contributed by atoms with Crippen LogP contribution in [0.3, 0.4) is 0 Å². The number of fused-ring (bicyclic) bond motifs is 2. The summed E-state index contributed by atoms with van der Waals surface area (Å²) in [6, 6.07) is 14.8. The number of aliphatic hydroxyl groups is 2. The molecule has 146 valence electrons. The second kappa shape index (κ2) is 7.43. The highest BCUT2D eigenvalue weighted by Crippen LogP contribution is 2.36. The maximum Gasteiger partial charge on any atom is 0.259 e. The quantitative estimate of drug-likeness (QED) is 0.485. The van der Waals surface area contributed by atoms with E-state index in [0.29, 0.717) is 22.1 Å². The summed E-state index contributed by atoms with van der Waals surface area (Å²) < 4.78 is 6.57. The molecule has 2 aromatic heterocycles. The summed E-state index contributed by atoms with van der Waals surface area (Å²) in [4.78, 5) is 16.3. The minimum absolute atomic E-state index is 0.122. The topological polar surface area (TPSA) is 111 Å². The lowest BCUT2D eigenvalue weighted by atomic mass is 9.94. The van der Waals surface area contributed by atoms with Crippen molar-refractivity contribution in [2.24, 2.45) is 0 Å². The Kier molecular flexibility index (Phi) is 4.80. The molecular formula is C22H19N3O4. The number of methoxy groups -OCH3 is 1. The van der Waals surface area contributed by atoms with Crippen LogP contribution in [0.2, 0.25) is 0 Å². The van der Waals surface area contributed by atoms with Gasteiger partial charge in [0.2, 0.25) is 0 Å². The molecular weight excluding hydrogens is 370 g/mol. The summed E-state index contributed by atoms with van der Waals surface area (Å²) in [6.45, 7) is -0.697. The number of aliphatic hydroxyl groups excluding tert-OH is 2. The molecule has 1 atom stereocenters. The Morgan fingerprint density at radius 2 is 2.03 bits per heavy atom. The van der Waals surface area contributed by atoms with E-state index in [-0.39, 0.29) is 12.2 Å². The van der Waals surface area contributed by atoms with Crippen molar-refractivity contribution in [3.63, 3.8) is 0 Å². The van der Waals surface area contributed by atoms with Gasteiger partial charge in [-0.05, 0) is 35.9 Å². The van der Waals surface area contributed by atoms with Gasteiger partial charge < -0.3 is 19.9 Å². The number of pyridine rings is 1. The standard InChI is InChI=1S/C22H19N3O4/c1-29-14-5-6-17-18(9-14)21(16-3-2-4-19-15(16)7-8-24-19)20(10-23)25(22(17)28)11-13(27)12-26/h2-9,13,24,26-27H,11-12H2,1H3. The first-order valence-corrected chi connectivity index (χ1v) is 9.09. The molecule has 2 aromatic carbocycles. The van der Waals surface area contributed by atoms with Crippen LogP contribution in [0.5, 0.6) is 5.75 Å². The van der Waals surface area contributed by atoms with E-state index in [1.165, 1.54) is 11.7 Å². The number of ether oxygens (including phenoxy) is 1. The fraction of sp³-hybridized carbons (Fsp3) is 0.182. The fourth-order valence-corrected chi connectivity index (χ4v) is 3.69. The third-order valence-electron chi connectivity index (χ3n) is 5.05. The molecule has 0 saturated heterocycles. The fourth-order valence-electron chi connectivity index (χ4n) is 3.69. The van der Waals surface area contributed by atoms with E-state index >= 15 is 0 Å². The second-order valence-corrected chi connectivity index (χ2v) is 6.74. The minimum atomic E-state index is -1.16. The third-order valence-corrected chi connectivity index (χ3v) is 5.05. The van der Waals surface area contributed by atoms with Gasteiger partial charge >= 0.3 is 0 Å². The number of nitrogens with zero attached hydrogens (tertiary/aromatic N) is 2. The summed E-state index contributed by atoms with van der Waals surface area (Å²) in [5.41, 5.74) is 1.98. The van der Waals surface area contributed by atoms with Crippen LogP contribution >= 0.6 is 0 Å². The number of hydrogen-bond acceptors (Lipinski definition) is 5. The molecule has 0 radical (unpaired) electrons. The van der Waals surface area contributed by atoms with Gasteiger partial charge in [-0.25, -0.2) is 0 Å². The largest absolute Gasteiger partial charge is 0.497 e. The van der Waals surface area contributed by atoms with Crippen LogP contribution in [0.1, 0.15) is 5.69 Å². The van der Waals surface area contributed by atoms with Crippen LogP contribution in [0.25, 0.3) is 32.8 Å². The molecule has 3 N–H and O–H groups in total. The van der Waals surface area contributed by atoms with Gasteiger partial charge in [0.25, 0.3) is 5.56 Å². The molecule has 2 heterocycles. The molecule has 0 spiro atoms. The Morgan fingerprint density at radius 1 is 1.21 bits per heavy atom. The Balaban J connectivity index is 2.18. The van der Waals surface area contributed by atoms with E-state index in [2.05, 4.69) is 11.1 Å². The van der Waals surface area contributed by atoms with Crippen molar-refractivity contribution >= 4 is 21.7 Å². The van der Waals surface area contributed by atoms with Gasteiger partial charge in [-0.2, -0.15) is 5.26 Å². The summed E-state index contributed by atoms with van der Waals surface area (Å²) >= 11 is 0. The van der Waals surface area contributed by atoms with Crippen molar-refractivity contribution < 1.29 is 14.9 Å². The lowest BCUT2D eigenvalue weighted by Crippen LogP contribution is -2.31. The van der Waals surface area contributed by atoms with Gasteiger partial charge in [-0.1, -0.05) is 12.1 Å². The summed E-state index contributed by atoms with van der Waals surface area (Å²) in [7, 11) is 1.54. The third kappa shape index (κ3) is 3.05. The Morgan fingerprint density at radius 3 is 2.76 bits per heavy atom. The highest BCUT2D eigenvalue weighted by molar-refractivity contribution is 6.06. The molecule has 0 saturated carbocycles. The maximum absolute atomic E-state index is 13.1. The lowest BCUT2D eigenvalue weighted by molar-refractivity contribution is 0.0803. The first kappa shape index (κ1) is 18.7. The van der Waals surface area contributed by atoms with Gasteiger partial charge in [-0.15, -0.1) is 0 Å². The van der Waals surface area contributed by atoms with E-state index in [0.717, 1.165) is 16.5 Å². The van der Waals surface area contributed by atoms with Crippen molar-refractivity contribution in [1.29, 1.82) is 5.26 Å². The monoisotopic (exact) mass is 389 g/mol. The predicted molar refractivity (Wildman–Crippen MR) is 110 cm³/mol. The molecule has 0 bridgehead atoms. The predicted octanol–water partition coefficient (Wildman–Crippen LogP) is 2.38. The van der Waals surface area contributed by atoms with Crippen LogP contribution in [-0.4, -0.2) is 39.6 Å². The maximum atomic E-state index is 13.1. The zero-order valence-corrected chi connectivity index (χ0v) is 15.7. The Labute approximate surface area is 166 Å². The van der Waals surface area contributed by atoms with Gasteiger partial charge in [-0.3, -0.25) is 9.36 Å². The van der Waals surface area contributed by atoms with E-state index in [9.17, 15) is 20.3 Å². The van der Waals surface area contributed by atoms with Gasteiger partial charge in [0.15, 0.2) is 0 Å². The number of rotatable bonds is 5. The van der Waals surface area contributed by atoms with Crippen LogP contribution in [-0.2, 0) is 6.54 Å². The zero-order chi connectivity index (χ0) is 20.5. The van der Waals surface area contributed by atoms with Gasteiger partial charge in [0.1, 0.15) is 17.5 Å². The molecule has 0 aliphatic heterocycles. The second-order valence-electron chi connectivity index (χ2n) is 6.74. The average Bonchev–Trinajstić information content (AvgIpc) is 3.24. The van der Waals surface area contributed by atoms with Gasteiger partial charge in [0.05, 0.1) is 26.4 Å². The van der Waals surface area contributed by atoms with Crippen molar-refractivity contribution in [2.45, 2.75) is 12.6 Å². The van der Waals surface area contributed by atoms with Crippen molar-refractivity contribution in [2.75, 3.05) is 13.7 Å². The van der Waals surface area contributed by atoms with E-state index in [4.69, 9.17) is 4.74 Å². The molecule has 7 heteroatoms. The van der Waals surface area contributed by atoms with Crippen LogP contribution in [0.4, 0.5) is 0 Å². The van der Waals surface area contributed by atoms with Crippen LogP contribution < -0.4 is 10.3 Å². The van der Waals surface area contributed by atoms with Gasteiger partial charge in [0, 0.05) is 33.4 Å². The number of aromatic amines is 1. The molecule has 0 aliphatic carbocycles. The SMILES string of the molecule is COc1ccc2c(=O)n(CC(O)CO)c(C#N)c(-c3cccc4[nH]ccc34)c2c1. The molecule has 29 heavy (non-hydrogen) atoms. The molecule has 4 aromatic rings. The molecule has 4 rings (SSSR count). The van der Waals surface area contributed by atoms with Crippen LogP contribution in [0.15, 0.2) is 53.5 Å². The van der Waals surface area contributed by atoms with E-state index in [1.54, 1.807) is 18.2 Å². The van der Waals surface area contributed by atoms with Crippen molar-refractivity contribution in [1.82, 2.24) is 9.55 Å². The summed E-state index contributed by atoms with van der Waals surface area (Å²) in [5.74, 6) is 0.566. The Hall–Kier alpha value is -3.60. The summed E-state index contributed by atoms with van der Waals surface area (Å²) in [5, 5.41) is 31.1. The van der Waals surface area contributed by atoms with E-state index in [1.807, 2.05) is 30.5 Å². The number of nitrogens with one attached hydrogen (secondary N) is 1. The molecule has 0 amide bonds. The first-order chi connectivity index (χ1) is 14.1. The number of benzene rings is 2. The number of nitriles is 1. The first-order valence-electron chi connectivity index (χ1n) is 9.09. The molecule has 1 unspecified atom stereocenters. The molecule has 0 aliphatic rings. The van der Waals surface area contributed by atoms with Crippen LogP contribution in [0, 0.1) is 11.3 Å². The number of H-pyrrole nitrogens is 1. The average molecular weight is 389 g/mol. The number of hydrogen-bond donors (Lipinski definition) is 3. The lowest BCUT2D eigenvalue weighted by Gasteiger charge is -2.18. The smallest absolute Gasteiger partial charge is 0.259 e. The van der Waals surface area contributed by atoms with Crippen molar-refractivity contribution in [3.05, 3.63) is 64.7 Å². The highest BCUT2D eigenvalue weighted by atomic mass is 16.5. The minimum Gasteiger partial charge on any atom is -0.497 e. The number of aromatic nitrogens is 2. The Bertz CT molecular complexity index is 1310.